The summed E-state index contributed by atoms with van der Waals surface area (Å²) in [6.07, 6.45) is 20.3. The van der Waals surface area contributed by atoms with Gasteiger partial charge in [0.25, 0.3) is 0 Å². The Balaban J connectivity index is 3.47. The van der Waals surface area contributed by atoms with Gasteiger partial charge in [0.05, 0.1) is 13.2 Å². The van der Waals surface area contributed by atoms with Gasteiger partial charge in [0.1, 0.15) is 0 Å². The maximum atomic E-state index is 10.9. The fraction of sp³-hybridized carbons (Fsp3) is 0.632. The number of aliphatic hydroxyl groups is 1. The molecule has 0 aromatic heterocycles. The molecule has 0 aliphatic carbocycles. The van der Waals surface area contributed by atoms with Crippen LogP contribution in [0.2, 0.25) is 0 Å². The molecule has 0 aliphatic heterocycles. The second-order valence-electron chi connectivity index (χ2n) is 5.38. The molecule has 0 bridgehead atoms. The molecule has 3 heteroatoms. The van der Waals surface area contributed by atoms with Crippen molar-refractivity contribution >= 4 is 5.97 Å². The second kappa shape index (κ2) is 16.0. The minimum atomic E-state index is -0.356. The molecule has 0 unspecified atom stereocenters. The van der Waals surface area contributed by atoms with Gasteiger partial charge in [0.2, 0.25) is 0 Å². The van der Waals surface area contributed by atoms with Crippen LogP contribution in [-0.4, -0.2) is 24.3 Å². The maximum absolute atomic E-state index is 10.9. The highest BCUT2D eigenvalue weighted by molar-refractivity contribution is 5.68. The zero-order valence-corrected chi connectivity index (χ0v) is 14.2. The number of hydrogen-bond donors (Lipinski definition) is 1. The summed E-state index contributed by atoms with van der Waals surface area (Å²) in [4.78, 5) is 10.9. The van der Waals surface area contributed by atoms with Gasteiger partial charge in [-0.05, 0) is 25.7 Å². The third-order valence-corrected chi connectivity index (χ3v) is 3.36. The average Bonchev–Trinajstić information content (AvgIpc) is 2.52. The van der Waals surface area contributed by atoms with E-state index < -0.39 is 0 Å². The highest BCUT2D eigenvalue weighted by Gasteiger charge is 2.00. The Morgan fingerprint density at radius 3 is 2.50 bits per heavy atom. The number of ether oxygens (including phenoxy) is 1. The number of unbranched alkanes of at least 4 members (excludes halogenated alkanes) is 4. The Hall–Kier alpha value is -1.35. The second-order valence-corrected chi connectivity index (χ2v) is 5.38. The minimum absolute atomic E-state index is 0.126. The van der Waals surface area contributed by atoms with Crippen molar-refractivity contribution in [3.8, 4) is 0 Å². The number of carbonyl (C=O) groups is 1. The number of allylic oxidation sites excluding steroid dienone is 5. The van der Waals surface area contributed by atoms with Crippen LogP contribution in [0.1, 0.15) is 64.7 Å². The summed E-state index contributed by atoms with van der Waals surface area (Å²) in [7, 11) is 1.42. The van der Waals surface area contributed by atoms with E-state index in [-0.39, 0.29) is 12.1 Å². The van der Waals surface area contributed by atoms with Crippen LogP contribution in [0.4, 0.5) is 0 Å². The molecule has 1 N–H and O–H groups in total. The number of hydrogen-bond acceptors (Lipinski definition) is 3. The van der Waals surface area contributed by atoms with Crippen LogP contribution >= 0.6 is 0 Å². The van der Waals surface area contributed by atoms with Crippen LogP contribution in [0.25, 0.3) is 0 Å². The summed E-state index contributed by atoms with van der Waals surface area (Å²) in [5.41, 5.74) is 0. The van der Waals surface area contributed by atoms with Crippen LogP contribution < -0.4 is 0 Å². The van der Waals surface area contributed by atoms with Crippen LogP contribution in [0.15, 0.2) is 36.5 Å². The van der Waals surface area contributed by atoms with Gasteiger partial charge in [0.15, 0.2) is 0 Å². The van der Waals surface area contributed by atoms with E-state index in [1.165, 1.54) is 7.11 Å². The fourth-order valence-corrected chi connectivity index (χ4v) is 2.04. The highest BCUT2D eigenvalue weighted by Crippen LogP contribution is 2.09. The molecule has 0 aromatic rings. The summed E-state index contributed by atoms with van der Waals surface area (Å²) in [5, 5.41) is 9.80. The molecular formula is C19H32O3. The smallest absolute Gasteiger partial charge is 0.305 e. The van der Waals surface area contributed by atoms with Gasteiger partial charge in [0, 0.05) is 6.42 Å². The van der Waals surface area contributed by atoms with Crippen LogP contribution in [-0.2, 0) is 9.53 Å². The summed E-state index contributed by atoms with van der Waals surface area (Å²) in [6, 6.07) is 0. The lowest BCUT2D eigenvalue weighted by Gasteiger charge is -2.05. The lowest BCUT2D eigenvalue weighted by Crippen LogP contribution is -2.01. The van der Waals surface area contributed by atoms with Crippen LogP contribution in [0.5, 0.6) is 0 Å². The first-order chi connectivity index (χ1) is 10.7. The van der Waals surface area contributed by atoms with E-state index in [2.05, 4.69) is 29.9 Å². The summed E-state index contributed by atoms with van der Waals surface area (Å²) in [6.45, 7) is 2.12. The number of rotatable bonds is 13. The van der Waals surface area contributed by atoms with Gasteiger partial charge in [-0.15, -0.1) is 0 Å². The van der Waals surface area contributed by atoms with Crippen molar-refractivity contribution in [2.75, 3.05) is 7.11 Å². The van der Waals surface area contributed by atoms with E-state index >= 15 is 0 Å². The SMILES string of the molecule is CC/C=C\C/C=C\C=C\[C@@H](O)CCCCCCCC(=O)OC. The van der Waals surface area contributed by atoms with Crippen molar-refractivity contribution in [3.05, 3.63) is 36.5 Å². The number of esters is 1. The first kappa shape index (κ1) is 20.6. The lowest BCUT2D eigenvalue weighted by atomic mass is 10.1. The predicted octanol–water partition coefficient (Wildman–Crippen LogP) is 4.72. The van der Waals surface area contributed by atoms with Crippen molar-refractivity contribution in [3.63, 3.8) is 0 Å². The molecule has 0 spiro atoms. The third-order valence-electron chi connectivity index (χ3n) is 3.36. The van der Waals surface area contributed by atoms with Gasteiger partial charge in [-0.1, -0.05) is 69.1 Å². The molecule has 1 atom stereocenters. The van der Waals surface area contributed by atoms with Gasteiger partial charge < -0.3 is 9.84 Å². The minimum Gasteiger partial charge on any atom is -0.469 e. The largest absolute Gasteiger partial charge is 0.469 e. The topological polar surface area (TPSA) is 46.5 Å². The quantitative estimate of drug-likeness (QED) is 0.232. The zero-order valence-electron chi connectivity index (χ0n) is 14.2. The summed E-state index contributed by atoms with van der Waals surface area (Å²) >= 11 is 0. The van der Waals surface area contributed by atoms with Gasteiger partial charge in [-0.2, -0.15) is 0 Å². The van der Waals surface area contributed by atoms with E-state index in [0.717, 1.165) is 51.4 Å². The number of methoxy groups -OCH3 is 1. The Morgan fingerprint density at radius 2 is 1.77 bits per heavy atom. The van der Waals surface area contributed by atoms with Gasteiger partial charge in [-0.25, -0.2) is 0 Å². The van der Waals surface area contributed by atoms with E-state index in [0.29, 0.717) is 6.42 Å². The van der Waals surface area contributed by atoms with Crippen LogP contribution in [0, 0.1) is 0 Å². The molecule has 3 nitrogen and oxygen atoms in total. The van der Waals surface area contributed by atoms with Crippen LogP contribution in [0.3, 0.4) is 0 Å². The average molecular weight is 308 g/mol. The summed E-state index contributed by atoms with van der Waals surface area (Å²) < 4.78 is 4.59. The molecule has 22 heavy (non-hydrogen) atoms. The first-order valence-corrected chi connectivity index (χ1v) is 8.44. The molecule has 0 saturated carbocycles. The van der Waals surface area contributed by atoms with Crippen molar-refractivity contribution in [2.24, 2.45) is 0 Å². The van der Waals surface area contributed by atoms with Crippen molar-refractivity contribution in [2.45, 2.75) is 70.8 Å². The first-order valence-electron chi connectivity index (χ1n) is 8.44. The Labute approximate surface area is 135 Å². The Bertz CT molecular complexity index is 343. The molecule has 0 amide bonds. The molecular weight excluding hydrogens is 276 g/mol. The van der Waals surface area contributed by atoms with E-state index in [1.807, 2.05) is 18.2 Å². The van der Waals surface area contributed by atoms with Crippen molar-refractivity contribution < 1.29 is 14.6 Å². The maximum Gasteiger partial charge on any atom is 0.305 e. The molecule has 0 rings (SSSR count). The lowest BCUT2D eigenvalue weighted by molar-refractivity contribution is -0.140. The Kier molecular flexibility index (Phi) is 15.0. The molecule has 0 aromatic carbocycles. The van der Waals surface area contributed by atoms with E-state index in [9.17, 15) is 9.90 Å². The number of aliphatic hydroxyl groups excluding tert-OH is 1. The van der Waals surface area contributed by atoms with E-state index in [1.54, 1.807) is 0 Å². The molecule has 0 heterocycles. The Morgan fingerprint density at radius 1 is 1.05 bits per heavy atom. The molecule has 0 radical (unpaired) electrons. The van der Waals surface area contributed by atoms with E-state index in [4.69, 9.17) is 0 Å². The van der Waals surface area contributed by atoms with Crippen molar-refractivity contribution in [1.29, 1.82) is 0 Å². The highest BCUT2D eigenvalue weighted by atomic mass is 16.5. The van der Waals surface area contributed by atoms with Gasteiger partial charge >= 0.3 is 5.97 Å². The molecule has 0 aliphatic rings. The predicted molar refractivity (Wildman–Crippen MR) is 92.7 cm³/mol. The molecule has 0 saturated heterocycles. The molecule has 0 fully saturated rings. The van der Waals surface area contributed by atoms with Crippen molar-refractivity contribution in [1.82, 2.24) is 0 Å². The zero-order chi connectivity index (χ0) is 16.5. The normalized spacial score (nSPS) is 13.4. The fourth-order valence-electron chi connectivity index (χ4n) is 2.04. The van der Waals surface area contributed by atoms with Gasteiger partial charge in [-0.3, -0.25) is 4.79 Å². The monoisotopic (exact) mass is 308 g/mol. The summed E-state index contributed by atoms with van der Waals surface area (Å²) in [5.74, 6) is -0.126. The molecule has 126 valence electrons. The third kappa shape index (κ3) is 15.0. The number of carbonyl (C=O) groups excluding carboxylic acids is 1. The standard InChI is InChI=1S/C19H32O3/c1-3-4-5-6-7-9-12-15-18(20)16-13-10-8-11-14-17-19(21)22-2/h4-5,7,9,12,15,18,20H,3,6,8,10-11,13-14,16-17H2,1-2H3/b5-4-,9-7-,15-12+/t18-/m1/s1.